The lowest BCUT2D eigenvalue weighted by Crippen LogP contribution is -2.35. The number of nitrogens with one attached hydrogen (secondary N) is 1. The number of amides is 3. The number of hydrogen-bond donors (Lipinski definition) is 1. The summed E-state index contributed by atoms with van der Waals surface area (Å²) in [5.41, 5.74) is 4.70. The molecule has 2 aromatic carbocycles. The normalized spacial score (nSPS) is 13.0. The van der Waals surface area contributed by atoms with Crippen LogP contribution in [-0.4, -0.2) is 53.5 Å². The fraction of sp³-hybridized carbons (Fsp3) is 0.333. The molecular weight excluding hydrogens is 392 g/mol. The Morgan fingerprint density at radius 1 is 1.03 bits per heavy atom. The molecule has 3 amide bonds. The maximum absolute atomic E-state index is 12.5. The Morgan fingerprint density at radius 2 is 1.77 bits per heavy atom. The second kappa shape index (κ2) is 10.0. The van der Waals surface area contributed by atoms with E-state index in [1.807, 2.05) is 62.4 Å². The van der Waals surface area contributed by atoms with Crippen LogP contribution in [0.25, 0.3) is 0 Å². The number of carbonyl (C=O) groups is 3. The highest BCUT2D eigenvalue weighted by atomic mass is 16.2. The maximum Gasteiger partial charge on any atom is 0.243 e. The molecule has 0 unspecified atom stereocenters. The van der Waals surface area contributed by atoms with E-state index in [0.717, 1.165) is 28.1 Å². The molecule has 0 atom stereocenters. The first kappa shape index (κ1) is 22.2. The molecule has 3 rings (SSSR count). The van der Waals surface area contributed by atoms with Gasteiger partial charge >= 0.3 is 0 Å². The van der Waals surface area contributed by atoms with Crippen LogP contribution < -0.4 is 5.32 Å². The van der Waals surface area contributed by atoms with Crippen LogP contribution in [-0.2, 0) is 14.4 Å². The number of rotatable bonds is 7. The monoisotopic (exact) mass is 420 g/mol. The quantitative estimate of drug-likeness (QED) is 0.747. The van der Waals surface area contributed by atoms with Gasteiger partial charge in [0.25, 0.3) is 0 Å². The van der Waals surface area contributed by atoms with Gasteiger partial charge in [-0.15, -0.1) is 0 Å². The first-order valence-corrected chi connectivity index (χ1v) is 10.4. The third-order valence-corrected chi connectivity index (χ3v) is 5.43. The number of hydrogen-bond acceptors (Lipinski definition) is 4. The molecule has 7 nitrogen and oxygen atoms in total. The third kappa shape index (κ3) is 5.78. The van der Waals surface area contributed by atoms with Crippen LogP contribution in [0.4, 0.5) is 5.69 Å². The Bertz CT molecular complexity index is 1000. The summed E-state index contributed by atoms with van der Waals surface area (Å²) in [5.74, 6) is -0.712. The van der Waals surface area contributed by atoms with E-state index in [1.54, 1.807) is 7.05 Å². The number of nitrogens with zero attached hydrogens (tertiary/aromatic N) is 3. The number of benzene rings is 2. The minimum absolute atomic E-state index is 0.0405. The van der Waals surface area contributed by atoms with Gasteiger partial charge in [0.05, 0.1) is 18.8 Å². The van der Waals surface area contributed by atoms with E-state index < -0.39 is 0 Å². The minimum Gasteiger partial charge on any atom is -0.336 e. The van der Waals surface area contributed by atoms with Gasteiger partial charge in [0.1, 0.15) is 0 Å². The van der Waals surface area contributed by atoms with Gasteiger partial charge in [-0.3, -0.25) is 14.4 Å². The zero-order valence-electron chi connectivity index (χ0n) is 18.2. The zero-order valence-corrected chi connectivity index (χ0v) is 18.2. The van der Waals surface area contributed by atoms with E-state index in [-0.39, 0.29) is 37.1 Å². The molecule has 0 radical (unpaired) electrons. The zero-order chi connectivity index (χ0) is 22.4. The van der Waals surface area contributed by atoms with E-state index in [2.05, 4.69) is 10.4 Å². The number of hydrazone groups is 1. The molecule has 162 valence electrons. The van der Waals surface area contributed by atoms with Crippen molar-refractivity contribution >= 4 is 29.1 Å². The van der Waals surface area contributed by atoms with Crippen LogP contribution in [0.1, 0.15) is 36.0 Å². The standard InChI is InChI=1S/C24H28N4O3/c1-17-8-7-11-20(18(17)2)25-22(29)16-27(3)23(30)12-13-24(31)28-15-14-21(26-28)19-9-5-4-6-10-19/h4-11H,12-16H2,1-3H3,(H,25,29). The Labute approximate surface area is 182 Å². The van der Waals surface area contributed by atoms with Gasteiger partial charge in [-0.05, 0) is 36.6 Å². The molecule has 0 spiro atoms. The van der Waals surface area contributed by atoms with E-state index in [4.69, 9.17) is 0 Å². The van der Waals surface area contributed by atoms with Crippen LogP contribution in [0.2, 0.25) is 0 Å². The van der Waals surface area contributed by atoms with Gasteiger partial charge in [0.2, 0.25) is 17.7 Å². The topological polar surface area (TPSA) is 82.1 Å². The van der Waals surface area contributed by atoms with Crippen LogP contribution in [0, 0.1) is 13.8 Å². The molecule has 0 fully saturated rings. The maximum atomic E-state index is 12.5. The van der Waals surface area contributed by atoms with Crippen molar-refractivity contribution in [2.45, 2.75) is 33.1 Å². The lowest BCUT2D eigenvalue weighted by molar-refractivity contribution is -0.137. The molecule has 1 heterocycles. The van der Waals surface area contributed by atoms with Gasteiger partial charge < -0.3 is 10.2 Å². The molecule has 1 N–H and O–H groups in total. The predicted molar refractivity (Wildman–Crippen MR) is 121 cm³/mol. The van der Waals surface area contributed by atoms with Crippen molar-refractivity contribution in [1.29, 1.82) is 0 Å². The highest BCUT2D eigenvalue weighted by Crippen LogP contribution is 2.18. The van der Waals surface area contributed by atoms with Crippen molar-refractivity contribution in [1.82, 2.24) is 9.91 Å². The lowest BCUT2D eigenvalue weighted by atomic mass is 10.1. The van der Waals surface area contributed by atoms with Crippen molar-refractivity contribution in [2.24, 2.45) is 5.10 Å². The Morgan fingerprint density at radius 3 is 2.52 bits per heavy atom. The summed E-state index contributed by atoms with van der Waals surface area (Å²) < 4.78 is 0. The second-order valence-electron chi connectivity index (χ2n) is 7.73. The minimum atomic E-state index is -0.271. The Hall–Kier alpha value is -3.48. The summed E-state index contributed by atoms with van der Waals surface area (Å²) in [4.78, 5) is 38.5. The molecule has 0 aliphatic carbocycles. The predicted octanol–water partition coefficient (Wildman–Crippen LogP) is 3.12. The molecule has 2 aromatic rings. The smallest absolute Gasteiger partial charge is 0.243 e. The summed E-state index contributed by atoms with van der Waals surface area (Å²) in [6.45, 7) is 4.37. The Balaban J connectivity index is 1.46. The number of anilines is 1. The van der Waals surface area contributed by atoms with Crippen molar-refractivity contribution in [3.8, 4) is 0 Å². The molecule has 0 saturated heterocycles. The lowest BCUT2D eigenvalue weighted by Gasteiger charge is -2.18. The van der Waals surface area contributed by atoms with Crippen LogP contribution in [0.15, 0.2) is 53.6 Å². The average molecular weight is 421 g/mol. The van der Waals surface area contributed by atoms with E-state index in [9.17, 15) is 14.4 Å². The SMILES string of the molecule is Cc1cccc(NC(=O)CN(C)C(=O)CCC(=O)N2CCC(c3ccccc3)=N2)c1C. The molecular formula is C24H28N4O3. The molecule has 0 aromatic heterocycles. The first-order valence-electron chi connectivity index (χ1n) is 10.4. The van der Waals surface area contributed by atoms with Gasteiger partial charge in [0.15, 0.2) is 0 Å². The summed E-state index contributed by atoms with van der Waals surface area (Å²) in [5, 5.41) is 8.68. The Kier molecular flexibility index (Phi) is 7.18. The summed E-state index contributed by atoms with van der Waals surface area (Å²) in [7, 11) is 1.57. The average Bonchev–Trinajstić information content (AvgIpc) is 3.26. The third-order valence-electron chi connectivity index (χ3n) is 5.43. The first-order chi connectivity index (χ1) is 14.8. The van der Waals surface area contributed by atoms with Crippen molar-refractivity contribution in [3.05, 3.63) is 65.2 Å². The van der Waals surface area contributed by atoms with Gasteiger partial charge in [-0.2, -0.15) is 5.10 Å². The van der Waals surface area contributed by atoms with Crippen LogP contribution in [0.3, 0.4) is 0 Å². The van der Waals surface area contributed by atoms with Crippen molar-refractivity contribution in [3.63, 3.8) is 0 Å². The number of aryl methyl sites for hydroxylation is 1. The molecule has 1 aliphatic heterocycles. The van der Waals surface area contributed by atoms with Gasteiger partial charge in [-0.1, -0.05) is 42.5 Å². The van der Waals surface area contributed by atoms with Crippen LogP contribution in [0.5, 0.6) is 0 Å². The molecule has 0 bridgehead atoms. The second-order valence-corrected chi connectivity index (χ2v) is 7.73. The molecule has 7 heteroatoms. The van der Waals surface area contributed by atoms with Crippen LogP contribution >= 0.6 is 0 Å². The van der Waals surface area contributed by atoms with Gasteiger partial charge in [-0.25, -0.2) is 5.01 Å². The highest BCUT2D eigenvalue weighted by molar-refractivity contribution is 6.02. The molecule has 0 saturated carbocycles. The van der Waals surface area contributed by atoms with Crippen molar-refractivity contribution in [2.75, 3.05) is 25.5 Å². The van der Waals surface area contributed by atoms with Crippen molar-refractivity contribution < 1.29 is 14.4 Å². The van der Waals surface area contributed by atoms with E-state index >= 15 is 0 Å². The fourth-order valence-electron chi connectivity index (χ4n) is 3.38. The fourth-order valence-corrected chi connectivity index (χ4v) is 3.38. The summed E-state index contributed by atoms with van der Waals surface area (Å²) >= 11 is 0. The number of likely N-dealkylation sites (N-methyl/N-ethyl adjacent to an activating group) is 1. The van der Waals surface area contributed by atoms with E-state index in [1.165, 1.54) is 9.91 Å². The summed E-state index contributed by atoms with van der Waals surface area (Å²) in [6, 6.07) is 15.4. The highest BCUT2D eigenvalue weighted by Gasteiger charge is 2.23. The molecule has 1 aliphatic rings. The largest absolute Gasteiger partial charge is 0.336 e. The van der Waals surface area contributed by atoms with Gasteiger partial charge in [0, 0.05) is 32.0 Å². The van der Waals surface area contributed by atoms with E-state index in [0.29, 0.717) is 13.0 Å². The number of carbonyl (C=O) groups excluding carboxylic acids is 3. The molecule has 31 heavy (non-hydrogen) atoms. The summed E-state index contributed by atoms with van der Waals surface area (Å²) in [6.07, 6.45) is 0.800.